The first-order valence-electron chi connectivity index (χ1n) is 12.7. The summed E-state index contributed by atoms with van der Waals surface area (Å²) in [5, 5.41) is 0. The highest BCUT2D eigenvalue weighted by atomic mass is 16.6. The Morgan fingerprint density at radius 2 is 1.61 bits per heavy atom. The molecule has 3 saturated carbocycles. The molecular weight excluding hydrogens is 420 g/mol. The molecule has 0 heterocycles. The number of carbonyl (C=O) groups is 3. The fraction of sp³-hybridized carbons (Fsp3) is 0.815. The molecule has 6 nitrogen and oxygen atoms in total. The molecule has 0 N–H and O–H groups in total. The topological polar surface area (TPSA) is 78.9 Å². The predicted octanol–water partition coefficient (Wildman–Crippen LogP) is 5.13. The summed E-state index contributed by atoms with van der Waals surface area (Å²) in [6, 6.07) is 0. The highest BCUT2D eigenvalue weighted by Crippen LogP contribution is 2.69. The van der Waals surface area contributed by atoms with Crippen LogP contribution in [0.4, 0.5) is 0 Å². The number of allylic oxidation sites excluding steroid dienone is 1. The van der Waals surface area contributed by atoms with Crippen molar-refractivity contribution >= 4 is 17.9 Å². The normalized spacial score (nSPS) is 42.7. The van der Waals surface area contributed by atoms with E-state index in [1.165, 1.54) is 26.3 Å². The van der Waals surface area contributed by atoms with Crippen LogP contribution in [0.25, 0.3) is 0 Å². The molecule has 33 heavy (non-hydrogen) atoms. The molecule has 0 aliphatic heterocycles. The van der Waals surface area contributed by atoms with Crippen molar-refractivity contribution in [2.24, 2.45) is 28.6 Å². The number of ether oxygens (including phenoxy) is 3. The van der Waals surface area contributed by atoms with E-state index in [-0.39, 0.29) is 34.8 Å². The molecule has 8 atom stereocenters. The quantitative estimate of drug-likeness (QED) is 0.329. The highest BCUT2D eigenvalue weighted by Gasteiger charge is 2.68. The Morgan fingerprint density at radius 1 is 0.909 bits per heavy atom. The Hall–Kier alpha value is -1.85. The second-order valence-electron chi connectivity index (χ2n) is 11.4. The maximum atomic E-state index is 12.2. The Morgan fingerprint density at radius 3 is 2.24 bits per heavy atom. The van der Waals surface area contributed by atoms with Crippen LogP contribution in [0.1, 0.15) is 92.9 Å². The lowest BCUT2D eigenvalue weighted by Gasteiger charge is -2.60. The molecule has 0 unspecified atom stereocenters. The number of hydrogen-bond acceptors (Lipinski definition) is 6. The van der Waals surface area contributed by atoms with Crippen molar-refractivity contribution in [2.75, 3.05) is 0 Å². The summed E-state index contributed by atoms with van der Waals surface area (Å²) in [4.78, 5) is 35.5. The zero-order valence-electron chi connectivity index (χ0n) is 21.1. The van der Waals surface area contributed by atoms with Crippen LogP contribution in [0.5, 0.6) is 0 Å². The molecule has 0 radical (unpaired) electrons. The largest absolute Gasteiger partial charge is 0.459 e. The number of rotatable bonds is 4. The molecule has 0 spiro atoms. The molecule has 184 valence electrons. The molecule has 4 aliphatic carbocycles. The molecule has 0 aromatic carbocycles. The van der Waals surface area contributed by atoms with Crippen LogP contribution in [0.2, 0.25) is 0 Å². The number of fused-ring (bicyclic) bond motifs is 5. The molecule has 0 bridgehead atoms. The van der Waals surface area contributed by atoms with Gasteiger partial charge >= 0.3 is 17.9 Å². The van der Waals surface area contributed by atoms with E-state index in [1.54, 1.807) is 0 Å². The number of carbonyl (C=O) groups excluding carboxylic acids is 3. The van der Waals surface area contributed by atoms with Gasteiger partial charge in [-0.2, -0.15) is 0 Å². The summed E-state index contributed by atoms with van der Waals surface area (Å²) >= 11 is 0. The van der Waals surface area contributed by atoms with Crippen LogP contribution in [-0.4, -0.2) is 35.7 Å². The summed E-state index contributed by atoms with van der Waals surface area (Å²) in [5.74, 6) is 0.710. The predicted molar refractivity (Wildman–Crippen MR) is 123 cm³/mol. The summed E-state index contributed by atoms with van der Waals surface area (Å²) in [6.07, 6.45) is 9.47. The van der Waals surface area contributed by atoms with Gasteiger partial charge in [-0.15, -0.1) is 0 Å². The summed E-state index contributed by atoms with van der Waals surface area (Å²) in [6.45, 7) is 10.9. The van der Waals surface area contributed by atoms with Gasteiger partial charge in [0.05, 0.1) is 0 Å². The maximum absolute atomic E-state index is 12.2. The summed E-state index contributed by atoms with van der Waals surface area (Å²) in [5.41, 5.74) is 0.600. The average Bonchev–Trinajstić information content (AvgIpc) is 3.00. The van der Waals surface area contributed by atoms with Crippen LogP contribution in [-0.2, 0) is 28.6 Å². The fourth-order valence-electron chi connectivity index (χ4n) is 8.55. The van der Waals surface area contributed by atoms with Crippen molar-refractivity contribution in [1.29, 1.82) is 0 Å². The van der Waals surface area contributed by atoms with Gasteiger partial charge in [-0.25, -0.2) is 0 Å². The Labute approximate surface area is 197 Å². The molecule has 6 heteroatoms. The molecule has 3 fully saturated rings. The van der Waals surface area contributed by atoms with E-state index < -0.39 is 11.7 Å². The van der Waals surface area contributed by atoms with Crippen molar-refractivity contribution in [3.8, 4) is 0 Å². The summed E-state index contributed by atoms with van der Waals surface area (Å²) < 4.78 is 17.3. The minimum atomic E-state index is -0.774. The molecule has 0 amide bonds. The lowest BCUT2D eigenvalue weighted by atomic mass is 9.46. The SMILES string of the molecule is CC(=O)O[C@@H]1C=C2CC[C@@H]3[C@H](CC[C@@]4(C)[C@H]3CC[C@]4(OC(C)=O)[C@H](C)OC(C)=O)[C@@]2(C)CC1. The van der Waals surface area contributed by atoms with Crippen molar-refractivity contribution < 1.29 is 28.6 Å². The van der Waals surface area contributed by atoms with E-state index in [1.807, 2.05) is 6.92 Å². The van der Waals surface area contributed by atoms with Crippen LogP contribution < -0.4 is 0 Å². The van der Waals surface area contributed by atoms with Crippen LogP contribution in [0.15, 0.2) is 11.6 Å². The van der Waals surface area contributed by atoms with E-state index in [0.29, 0.717) is 17.8 Å². The first-order valence-corrected chi connectivity index (χ1v) is 12.7. The zero-order valence-corrected chi connectivity index (χ0v) is 21.1. The lowest BCUT2D eigenvalue weighted by molar-refractivity contribution is -0.215. The van der Waals surface area contributed by atoms with Crippen molar-refractivity contribution in [3.63, 3.8) is 0 Å². The highest BCUT2D eigenvalue weighted by molar-refractivity contribution is 5.68. The maximum Gasteiger partial charge on any atom is 0.303 e. The molecule has 0 aromatic rings. The Bertz CT molecular complexity index is 863. The van der Waals surface area contributed by atoms with E-state index >= 15 is 0 Å². The summed E-state index contributed by atoms with van der Waals surface area (Å²) in [7, 11) is 0. The first-order chi connectivity index (χ1) is 15.4. The van der Waals surface area contributed by atoms with Crippen LogP contribution in [0, 0.1) is 28.6 Å². The first kappa shape index (κ1) is 24.3. The van der Waals surface area contributed by atoms with Gasteiger partial charge in [-0.05, 0) is 87.5 Å². The van der Waals surface area contributed by atoms with E-state index in [4.69, 9.17) is 14.2 Å². The molecular formula is C27H40O6. The van der Waals surface area contributed by atoms with Gasteiger partial charge in [0.25, 0.3) is 0 Å². The van der Waals surface area contributed by atoms with Crippen molar-refractivity contribution in [3.05, 3.63) is 11.6 Å². The van der Waals surface area contributed by atoms with E-state index in [2.05, 4.69) is 19.9 Å². The van der Waals surface area contributed by atoms with E-state index in [9.17, 15) is 14.4 Å². The minimum Gasteiger partial charge on any atom is -0.459 e. The molecule has 0 saturated heterocycles. The van der Waals surface area contributed by atoms with Crippen molar-refractivity contribution in [2.45, 2.75) is 111 Å². The molecule has 4 aliphatic rings. The van der Waals surface area contributed by atoms with E-state index in [0.717, 1.165) is 51.4 Å². The van der Waals surface area contributed by atoms with Crippen LogP contribution >= 0.6 is 0 Å². The monoisotopic (exact) mass is 460 g/mol. The third-order valence-electron chi connectivity index (χ3n) is 9.90. The van der Waals surface area contributed by atoms with Crippen LogP contribution in [0.3, 0.4) is 0 Å². The molecule has 4 rings (SSSR count). The number of esters is 3. The average molecular weight is 461 g/mol. The minimum absolute atomic E-state index is 0.0938. The van der Waals surface area contributed by atoms with Crippen molar-refractivity contribution in [1.82, 2.24) is 0 Å². The third kappa shape index (κ3) is 3.81. The Balaban J connectivity index is 1.63. The van der Waals surface area contributed by atoms with Gasteiger partial charge in [-0.1, -0.05) is 19.4 Å². The van der Waals surface area contributed by atoms with Gasteiger partial charge in [-0.3, -0.25) is 14.4 Å². The van der Waals surface area contributed by atoms with Gasteiger partial charge in [0, 0.05) is 26.2 Å². The smallest absolute Gasteiger partial charge is 0.303 e. The second kappa shape index (κ2) is 8.42. The van der Waals surface area contributed by atoms with Gasteiger partial charge in [0.2, 0.25) is 0 Å². The van der Waals surface area contributed by atoms with Gasteiger partial charge in [0.15, 0.2) is 5.60 Å². The lowest BCUT2D eigenvalue weighted by Crippen LogP contribution is -2.60. The standard InChI is InChI=1S/C27H40O6/c1-16(31-17(2)28)27(33-19(4)30)14-11-24-22-8-7-20-15-21(32-18(3)29)9-12-25(20,5)23(22)10-13-26(24,27)6/h15-16,21-24H,7-14H2,1-6H3/t16-,21-,22+,23-,24-,25-,26-,27-/m0/s1. The Kier molecular flexibility index (Phi) is 6.20. The van der Waals surface area contributed by atoms with Gasteiger partial charge < -0.3 is 14.2 Å². The fourth-order valence-corrected chi connectivity index (χ4v) is 8.55. The second-order valence-corrected chi connectivity index (χ2v) is 11.4. The molecule has 0 aromatic heterocycles. The third-order valence-corrected chi connectivity index (χ3v) is 9.90. The number of hydrogen-bond donors (Lipinski definition) is 0. The van der Waals surface area contributed by atoms with Gasteiger partial charge in [0.1, 0.15) is 12.2 Å². The zero-order chi connectivity index (χ0) is 24.2.